The lowest BCUT2D eigenvalue weighted by Crippen LogP contribution is -2.63. The molecule has 2 nitrogen and oxygen atoms in total. The Morgan fingerprint density at radius 2 is 1.05 bits per heavy atom. The molecule has 9 rings (SSSR count). The van der Waals surface area contributed by atoms with Gasteiger partial charge in [0.05, 0.1) is 0 Å². The summed E-state index contributed by atoms with van der Waals surface area (Å²) in [5.41, 5.74) is 20.2. The second-order valence-electron chi connectivity index (χ2n) is 12.0. The van der Waals surface area contributed by atoms with Crippen LogP contribution in [0.4, 0.5) is 22.7 Å². The largest absolute Gasteiger partial charge is 0.342 e. The summed E-state index contributed by atoms with van der Waals surface area (Å²) in [5, 5.41) is 0. The van der Waals surface area contributed by atoms with Gasteiger partial charge in [-0.2, -0.15) is 0 Å². The van der Waals surface area contributed by atoms with Gasteiger partial charge in [-0.05, 0) is 100 Å². The molecule has 0 aliphatic carbocycles. The molecule has 0 spiro atoms. The molecule has 0 radical (unpaired) electrons. The normalized spacial score (nSPS) is 15.9. The summed E-state index contributed by atoms with van der Waals surface area (Å²) in [5.74, 6) is 0. The van der Waals surface area contributed by atoms with E-state index in [1.54, 1.807) is 0 Å². The molecule has 0 aromatic heterocycles. The van der Waals surface area contributed by atoms with Crippen molar-refractivity contribution in [3.63, 3.8) is 0 Å². The molecule has 5 aromatic rings. The summed E-state index contributed by atoms with van der Waals surface area (Å²) in [6.07, 6.45) is 4.66. The van der Waals surface area contributed by atoms with Gasteiger partial charge in [0.25, 0.3) is 6.71 Å². The Kier molecular flexibility index (Phi) is 4.73. The fraction of sp³-hybridized carbons (Fsp3) is 0.189. The molecular formula is C37H31BN2. The van der Waals surface area contributed by atoms with Gasteiger partial charge in [0.2, 0.25) is 0 Å². The number of hydrogen-bond acceptors (Lipinski definition) is 2. The van der Waals surface area contributed by atoms with Crippen LogP contribution in [0.5, 0.6) is 0 Å². The number of rotatable bonds is 2. The zero-order chi connectivity index (χ0) is 26.4. The summed E-state index contributed by atoms with van der Waals surface area (Å²) >= 11 is 0. The molecule has 0 unspecified atom stereocenters. The highest BCUT2D eigenvalue weighted by Crippen LogP contribution is 2.46. The Bertz CT molecular complexity index is 1700. The molecule has 0 saturated heterocycles. The van der Waals surface area contributed by atoms with E-state index in [1.165, 1.54) is 90.9 Å². The number of anilines is 4. The maximum absolute atomic E-state index is 2.68. The second-order valence-corrected chi connectivity index (χ2v) is 12.0. The number of nitrogens with zero attached hydrogens (tertiary/aromatic N) is 2. The van der Waals surface area contributed by atoms with E-state index in [9.17, 15) is 0 Å². The minimum Gasteiger partial charge on any atom is -0.342 e. The van der Waals surface area contributed by atoms with Gasteiger partial charge in [-0.1, -0.05) is 84.9 Å². The Hall–Kier alpha value is -4.24. The highest BCUT2D eigenvalue weighted by atomic mass is 15.2. The number of benzene rings is 5. The van der Waals surface area contributed by atoms with E-state index in [1.807, 2.05) is 0 Å². The monoisotopic (exact) mass is 514 g/mol. The third kappa shape index (κ3) is 3.01. The highest BCUT2D eigenvalue weighted by molar-refractivity contribution is 7.00. The number of hydrogen-bond donors (Lipinski definition) is 0. The van der Waals surface area contributed by atoms with E-state index in [4.69, 9.17) is 0 Å². The molecule has 3 heteroatoms. The molecule has 5 aromatic carbocycles. The van der Waals surface area contributed by atoms with Gasteiger partial charge in [-0.25, -0.2) is 0 Å². The van der Waals surface area contributed by atoms with Crippen molar-refractivity contribution < 1.29 is 0 Å². The number of aryl methyl sites for hydroxylation is 1. The lowest BCUT2D eigenvalue weighted by atomic mass is 9.33. The molecule has 4 heterocycles. The van der Waals surface area contributed by atoms with Crippen molar-refractivity contribution in [1.29, 1.82) is 0 Å². The summed E-state index contributed by atoms with van der Waals surface area (Å²) < 4.78 is 0. The van der Waals surface area contributed by atoms with Gasteiger partial charge in [0, 0.05) is 35.8 Å². The van der Waals surface area contributed by atoms with Crippen LogP contribution in [0.2, 0.25) is 0 Å². The van der Waals surface area contributed by atoms with Crippen LogP contribution in [-0.2, 0) is 12.8 Å². The van der Waals surface area contributed by atoms with Gasteiger partial charge in [0.1, 0.15) is 0 Å². The van der Waals surface area contributed by atoms with E-state index in [-0.39, 0.29) is 6.71 Å². The predicted molar refractivity (Wildman–Crippen MR) is 170 cm³/mol. The molecule has 4 aliphatic rings. The quantitative estimate of drug-likeness (QED) is 0.244. The van der Waals surface area contributed by atoms with Crippen molar-refractivity contribution >= 4 is 45.9 Å². The summed E-state index contributed by atoms with van der Waals surface area (Å²) in [6, 6.07) is 36.7. The summed E-state index contributed by atoms with van der Waals surface area (Å²) in [7, 11) is 0. The van der Waals surface area contributed by atoms with E-state index in [0.29, 0.717) is 0 Å². The van der Waals surface area contributed by atoms with Crippen molar-refractivity contribution in [3.8, 4) is 22.3 Å². The molecule has 0 N–H and O–H groups in total. The molecule has 4 aliphatic heterocycles. The van der Waals surface area contributed by atoms with Crippen LogP contribution in [-0.4, -0.2) is 19.8 Å². The maximum Gasteiger partial charge on any atom is 0.252 e. The predicted octanol–water partition coefficient (Wildman–Crippen LogP) is 6.64. The number of fused-ring (bicyclic) bond motifs is 4. The first kappa shape index (κ1) is 22.6. The maximum atomic E-state index is 2.68. The van der Waals surface area contributed by atoms with Crippen LogP contribution in [0.1, 0.15) is 29.5 Å². The van der Waals surface area contributed by atoms with Gasteiger partial charge >= 0.3 is 0 Å². The third-order valence-corrected chi connectivity index (χ3v) is 9.73. The molecular weight excluding hydrogens is 483 g/mol. The summed E-state index contributed by atoms with van der Waals surface area (Å²) in [6.45, 7) is 4.73. The SMILES string of the molecule is Cc1cc2c3c(c1)N1CCCc4c(-c5ccccc5)ccc(c41)B3c1ccc(-c3ccccc3)c3c1N2CCC3. The molecule has 0 fully saturated rings. The van der Waals surface area contributed by atoms with E-state index >= 15 is 0 Å². The van der Waals surface area contributed by atoms with E-state index < -0.39 is 0 Å². The van der Waals surface area contributed by atoms with Crippen LogP contribution in [0, 0.1) is 6.92 Å². The smallest absolute Gasteiger partial charge is 0.252 e. The van der Waals surface area contributed by atoms with Crippen LogP contribution in [0.25, 0.3) is 22.3 Å². The van der Waals surface area contributed by atoms with Crippen molar-refractivity contribution in [2.75, 3.05) is 22.9 Å². The van der Waals surface area contributed by atoms with Gasteiger partial charge in [-0.15, -0.1) is 0 Å². The zero-order valence-corrected chi connectivity index (χ0v) is 23.0. The molecule has 0 bridgehead atoms. The molecule has 192 valence electrons. The standard InChI is InChI=1S/C37H31BN2/c1-24-22-33-35-34(23-24)40-21-9-15-30-28(26-12-6-3-7-13-26)17-19-32(37(30)40)38(35)31-18-16-27(25-10-4-2-5-11-25)29-14-8-20-39(33)36(29)31/h2-7,10-13,16-19,22-23H,8-9,14-15,20-21H2,1H3. The minimum absolute atomic E-state index is 0.270. The van der Waals surface area contributed by atoms with Crippen LogP contribution < -0.4 is 26.2 Å². The fourth-order valence-corrected chi connectivity index (χ4v) is 8.21. The second kappa shape index (κ2) is 8.38. The van der Waals surface area contributed by atoms with Crippen molar-refractivity contribution in [2.45, 2.75) is 32.6 Å². The molecule has 0 saturated carbocycles. The summed E-state index contributed by atoms with van der Waals surface area (Å²) in [4.78, 5) is 5.36. The first-order valence-electron chi connectivity index (χ1n) is 14.9. The van der Waals surface area contributed by atoms with Crippen LogP contribution >= 0.6 is 0 Å². The van der Waals surface area contributed by atoms with E-state index in [2.05, 4.69) is 114 Å². The molecule has 0 atom stereocenters. The Balaban J connectivity index is 1.35. The lowest BCUT2D eigenvalue weighted by Gasteiger charge is -2.48. The average Bonchev–Trinajstić information content (AvgIpc) is 3.01. The van der Waals surface area contributed by atoms with Gasteiger partial charge in [-0.3, -0.25) is 0 Å². The minimum atomic E-state index is 0.270. The highest BCUT2D eigenvalue weighted by Gasteiger charge is 2.45. The average molecular weight is 514 g/mol. The Labute approximate surface area is 237 Å². The van der Waals surface area contributed by atoms with Crippen LogP contribution in [0.3, 0.4) is 0 Å². The van der Waals surface area contributed by atoms with Crippen molar-refractivity contribution in [3.05, 3.63) is 114 Å². The lowest BCUT2D eigenvalue weighted by molar-refractivity contribution is 0.763. The van der Waals surface area contributed by atoms with Gasteiger partial charge in [0.15, 0.2) is 0 Å². The van der Waals surface area contributed by atoms with Crippen LogP contribution in [0.15, 0.2) is 97.1 Å². The first-order chi connectivity index (χ1) is 19.8. The Morgan fingerprint density at radius 1 is 0.575 bits per heavy atom. The van der Waals surface area contributed by atoms with Crippen molar-refractivity contribution in [2.24, 2.45) is 0 Å². The molecule has 0 amide bonds. The van der Waals surface area contributed by atoms with E-state index in [0.717, 1.165) is 25.9 Å². The van der Waals surface area contributed by atoms with Gasteiger partial charge < -0.3 is 9.80 Å². The fourth-order valence-electron chi connectivity index (χ4n) is 8.21. The first-order valence-corrected chi connectivity index (χ1v) is 14.9. The Morgan fingerprint density at radius 3 is 1.52 bits per heavy atom. The topological polar surface area (TPSA) is 6.48 Å². The third-order valence-electron chi connectivity index (χ3n) is 9.73. The zero-order valence-electron chi connectivity index (χ0n) is 23.0. The van der Waals surface area contributed by atoms with Crippen molar-refractivity contribution in [1.82, 2.24) is 0 Å². The molecule has 40 heavy (non-hydrogen) atoms.